The van der Waals surface area contributed by atoms with Gasteiger partial charge in [0.2, 0.25) is 10.0 Å². The van der Waals surface area contributed by atoms with E-state index >= 15 is 0 Å². The second-order valence-corrected chi connectivity index (χ2v) is 9.26. The van der Waals surface area contributed by atoms with Gasteiger partial charge in [0.05, 0.1) is 6.26 Å². The van der Waals surface area contributed by atoms with Crippen molar-refractivity contribution >= 4 is 20.8 Å². The van der Waals surface area contributed by atoms with Crippen LogP contribution in [-0.4, -0.2) is 46.3 Å². The van der Waals surface area contributed by atoms with Gasteiger partial charge in [-0.25, -0.2) is 13.1 Å². The van der Waals surface area contributed by atoms with E-state index in [9.17, 15) is 8.42 Å². The summed E-state index contributed by atoms with van der Waals surface area (Å²) in [5.74, 6) is 0.265. The monoisotopic (exact) mass is 360 g/mol. The van der Waals surface area contributed by atoms with E-state index in [1.807, 2.05) is 0 Å². The van der Waals surface area contributed by atoms with E-state index in [1.165, 1.54) is 28.2 Å². The highest BCUT2D eigenvalue weighted by molar-refractivity contribution is 7.88. The largest absolute Gasteiger partial charge is 0.309 e. The zero-order valence-corrected chi connectivity index (χ0v) is 16.1. The number of fused-ring (bicyclic) bond motifs is 1. The standard InChI is InChI=1S/C20H28N2O2S/c1-22(2)13-12-16-7-4-6-15-10-11-17(14-19(15)16)18-8-5-9-20(18)21-25(3,23)24/h4,6-7,10-11,14,18,20-21H,5,8-9,12-13H2,1-3H3. The lowest BCUT2D eigenvalue weighted by Gasteiger charge is -2.21. The molecule has 136 valence electrons. The molecule has 2 aromatic carbocycles. The van der Waals surface area contributed by atoms with Crippen molar-refractivity contribution < 1.29 is 8.42 Å². The molecule has 0 aromatic heterocycles. The molecule has 2 atom stereocenters. The topological polar surface area (TPSA) is 49.4 Å². The van der Waals surface area contributed by atoms with Gasteiger partial charge in [0, 0.05) is 18.5 Å². The predicted molar refractivity (Wildman–Crippen MR) is 105 cm³/mol. The molecular weight excluding hydrogens is 332 g/mol. The van der Waals surface area contributed by atoms with Crippen LogP contribution in [0.1, 0.15) is 36.3 Å². The quantitative estimate of drug-likeness (QED) is 0.861. The van der Waals surface area contributed by atoms with E-state index < -0.39 is 10.0 Å². The fourth-order valence-electron chi connectivity index (χ4n) is 3.92. The van der Waals surface area contributed by atoms with Crippen LogP contribution >= 0.6 is 0 Å². The summed E-state index contributed by atoms with van der Waals surface area (Å²) < 4.78 is 26.2. The molecule has 4 nitrogen and oxygen atoms in total. The highest BCUT2D eigenvalue weighted by atomic mass is 32.2. The first-order valence-electron chi connectivity index (χ1n) is 8.97. The molecule has 0 spiro atoms. The summed E-state index contributed by atoms with van der Waals surface area (Å²) in [6.07, 6.45) is 5.29. The summed E-state index contributed by atoms with van der Waals surface area (Å²) in [5, 5.41) is 2.55. The van der Waals surface area contributed by atoms with E-state index in [0.717, 1.165) is 32.2 Å². The maximum atomic E-state index is 11.7. The zero-order chi connectivity index (χ0) is 18.0. The fraction of sp³-hybridized carbons (Fsp3) is 0.500. The van der Waals surface area contributed by atoms with E-state index in [2.05, 4.69) is 60.1 Å². The molecule has 0 saturated heterocycles. The maximum absolute atomic E-state index is 11.7. The molecular formula is C20H28N2O2S. The van der Waals surface area contributed by atoms with Crippen LogP contribution in [0.25, 0.3) is 10.8 Å². The molecule has 0 heterocycles. The minimum Gasteiger partial charge on any atom is -0.309 e. The Kier molecular flexibility index (Phi) is 5.46. The minimum absolute atomic E-state index is 0.0152. The van der Waals surface area contributed by atoms with Crippen molar-refractivity contribution in [3.05, 3.63) is 47.5 Å². The van der Waals surface area contributed by atoms with Gasteiger partial charge in [-0.15, -0.1) is 0 Å². The SMILES string of the molecule is CN(C)CCc1cccc2ccc(C3CCCC3NS(C)(=O)=O)cc12. The lowest BCUT2D eigenvalue weighted by molar-refractivity contribution is 0.414. The number of nitrogens with zero attached hydrogens (tertiary/aromatic N) is 1. The third kappa shape index (κ3) is 4.60. The average Bonchev–Trinajstić information content (AvgIpc) is 2.98. The van der Waals surface area contributed by atoms with Crippen LogP contribution in [0.4, 0.5) is 0 Å². The number of hydrogen-bond donors (Lipinski definition) is 1. The second-order valence-electron chi connectivity index (χ2n) is 7.48. The van der Waals surface area contributed by atoms with Crippen LogP contribution in [-0.2, 0) is 16.4 Å². The van der Waals surface area contributed by atoms with Gasteiger partial charge in [-0.05, 0) is 55.3 Å². The number of nitrogens with one attached hydrogen (secondary N) is 1. The van der Waals surface area contributed by atoms with Crippen molar-refractivity contribution in [2.75, 3.05) is 26.9 Å². The van der Waals surface area contributed by atoms with Crippen molar-refractivity contribution in [1.82, 2.24) is 9.62 Å². The molecule has 0 radical (unpaired) electrons. The Labute approximate surface area is 151 Å². The Balaban J connectivity index is 1.93. The average molecular weight is 361 g/mol. The molecule has 5 heteroatoms. The summed E-state index contributed by atoms with van der Waals surface area (Å²) in [5.41, 5.74) is 2.61. The lowest BCUT2D eigenvalue weighted by Crippen LogP contribution is -2.35. The molecule has 2 aromatic rings. The molecule has 1 N–H and O–H groups in total. The molecule has 1 saturated carbocycles. The van der Waals surface area contributed by atoms with Crippen molar-refractivity contribution in [2.24, 2.45) is 0 Å². The Bertz CT molecular complexity index is 846. The predicted octanol–water partition coefficient (Wildman–Crippen LogP) is 3.13. The molecule has 0 amide bonds. The fourth-order valence-corrected chi connectivity index (χ4v) is 4.75. The normalized spacial score (nSPS) is 21.3. The van der Waals surface area contributed by atoms with Gasteiger partial charge in [-0.2, -0.15) is 0 Å². The third-order valence-corrected chi connectivity index (χ3v) is 5.87. The molecule has 1 fully saturated rings. The van der Waals surface area contributed by atoms with Crippen LogP contribution < -0.4 is 4.72 Å². The summed E-state index contributed by atoms with van der Waals surface area (Å²) in [6, 6.07) is 13.1. The highest BCUT2D eigenvalue weighted by Crippen LogP contribution is 2.36. The third-order valence-electron chi connectivity index (χ3n) is 5.13. The summed E-state index contributed by atoms with van der Waals surface area (Å²) in [4.78, 5) is 2.20. The second kappa shape index (κ2) is 7.44. The van der Waals surface area contributed by atoms with E-state index in [4.69, 9.17) is 0 Å². The van der Waals surface area contributed by atoms with E-state index in [1.54, 1.807) is 0 Å². The molecule has 1 aliphatic rings. The van der Waals surface area contributed by atoms with Gasteiger partial charge in [0.15, 0.2) is 0 Å². The highest BCUT2D eigenvalue weighted by Gasteiger charge is 2.30. The van der Waals surface area contributed by atoms with Crippen molar-refractivity contribution in [2.45, 2.75) is 37.6 Å². The number of rotatable bonds is 6. The van der Waals surface area contributed by atoms with Gasteiger partial charge in [-0.3, -0.25) is 0 Å². The Hall–Kier alpha value is -1.43. The summed E-state index contributed by atoms with van der Waals surface area (Å²) in [7, 11) is 1.01. The van der Waals surface area contributed by atoms with Gasteiger partial charge in [-0.1, -0.05) is 42.8 Å². The Morgan fingerprint density at radius 3 is 2.68 bits per heavy atom. The molecule has 3 rings (SSSR count). The van der Waals surface area contributed by atoms with E-state index in [-0.39, 0.29) is 12.0 Å². The molecule has 2 unspecified atom stereocenters. The Morgan fingerprint density at radius 2 is 1.96 bits per heavy atom. The number of sulfonamides is 1. The smallest absolute Gasteiger partial charge is 0.208 e. The van der Waals surface area contributed by atoms with Crippen molar-refractivity contribution in [3.8, 4) is 0 Å². The minimum atomic E-state index is -3.17. The molecule has 1 aliphatic carbocycles. The summed E-state index contributed by atoms with van der Waals surface area (Å²) in [6.45, 7) is 1.02. The number of likely N-dealkylation sites (N-methyl/N-ethyl adjacent to an activating group) is 1. The maximum Gasteiger partial charge on any atom is 0.208 e. The lowest BCUT2D eigenvalue weighted by atomic mass is 9.91. The van der Waals surface area contributed by atoms with Crippen LogP contribution in [0.15, 0.2) is 36.4 Å². The molecule has 0 bridgehead atoms. The van der Waals surface area contributed by atoms with Crippen LogP contribution in [0.5, 0.6) is 0 Å². The van der Waals surface area contributed by atoms with Crippen LogP contribution in [0.3, 0.4) is 0 Å². The van der Waals surface area contributed by atoms with Gasteiger partial charge >= 0.3 is 0 Å². The molecule has 25 heavy (non-hydrogen) atoms. The Morgan fingerprint density at radius 1 is 1.16 bits per heavy atom. The zero-order valence-electron chi connectivity index (χ0n) is 15.3. The van der Waals surface area contributed by atoms with Gasteiger partial charge in [0.25, 0.3) is 0 Å². The van der Waals surface area contributed by atoms with Crippen molar-refractivity contribution in [1.29, 1.82) is 0 Å². The first kappa shape index (κ1) is 18.4. The number of benzene rings is 2. The first-order valence-corrected chi connectivity index (χ1v) is 10.9. The van der Waals surface area contributed by atoms with Crippen LogP contribution in [0, 0.1) is 0 Å². The van der Waals surface area contributed by atoms with Crippen molar-refractivity contribution in [3.63, 3.8) is 0 Å². The molecule has 0 aliphatic heterocycles. The van der Waals surface area contributed by atoms with Gasteiger partial charge in [0.1, 0.15) is 0 Å². The first-order chi connectivity index (χ1) is 11.8. The number of hydrogen-bond acceptors (Lipinski definition) is 3. The summed E-state index contributed by atoms with van der Waals surface area (Å²) >= 11 is 0. The van der Waals surface area contributed by atoms with E-state index in [0.29, 0.717) is 0 Å². The van der Waals surface area contributed by atoms with Crippen LogP contribution in [0.2, 0.25) is 0 Å². The van der Waals surface area contributed by atoms with Gasteiger partial charge < -0.3 is 4.90 Å².